The lowest BCUT2D eigenvalue weighted by atomic mass is 9.91. The lowest BCUT2D eigenvalue weighted by Crippen LogP contribution is -1.89. The van der Waals surface area contributed by atoms with Crippen LogP contribution in [0.5, 0.6) is 0 Å². The van der Waals surface area contributed by atoms with E-state index in [1.807, 2.05) is 18.5 Å². The van der Waals surface area contributed by atoms with Crippen LogP contribution in [0.2, 0.25) is 0 Å². The van der Waals surface area contributed by atoms with Gasteiger partial charge in [0.25, 0.3) is 0 Å². The van der Waals surface area contributed by atoms with Crippen molar-refractivity contribution in [1.82, 2.24) is 9.97 Å². The van der Waals surface area contributed by atoms with Gasteiger partial charge in [-0.1, -0.05) is 127 Å². The number of rotatable bonds is 3. The van der Waals surface area contributed by atoms with Crippen LogP contribution in [-0.4, -0.2) is 9.97 Å². The first-order chi connectivity index (χ1) is 27.7. The van der Waals surface area contributed by atoms with Gasteiger partial charge in [-0.05, 0) is 147 Å². The van der Waals surface area contributed by atoms with E-state index in [1.54, 1.807) is 0 Å². The third-order valence-electron chi connectivity index (χ3n) is 11.9. The Labute approximate surface area is 322 Å². The summed E-state index contributed by atoms with van der Waals surface area (Å²) in [6, 6.07) is 66.9. The second-order valence-electron chi connectivity index (χ2n) is 15.0. The molecule has 2 heteroatoms. The summed E-state index contributed by atoms with van der Waals surface area (Å²) in [4.78, 5) is 9.56. The first-order valence-electron chi connectivity index (χ1n) is 19.2. The van der Waals surface area contributed by atoms with E-state index in [2.05, 4.69) is 181 Å². The fraction of sp³-hybridized carbons (Fsp3) is 0. The van der Waals surface area contributed by atoms with Gasteiger partial charge >= 0.3 is 0 Å². The zero-order valence-electron chi connectivity index (χ0n) is 30.4. The first-order valence-corrected chi connectivity index (χ1v) is 19.2. The van der Waals surface area contributed by atoms with Gasteiger partial charge < -0.3 is 0 Å². The monoisotopic (exact) mass is 708 g/mol. The normalized spacial score (nSPS) is 11.9. The van der Waals surface area contributed by atoms with Crippen LogP contribution >= 0.6 is 0 Å². The Morgan fingerprint density at radius 1 is 0.250 bits per heavy atom. The summed E-state index contributed by atoms with van der Waals surface area (Å²) < 4.78 is 0. The number of hydrogen-bond donors (Lipinski definition) is 0. The fourth-order valence-electron chi connectivity index (χ4n) is 9.05. The molecule has 0 bridgehead atoms. The molecule has 2 heterocycles. The molecule has 10 aromatic carbocycles. The Balaban J connectivity index is 0.931. The van der Waals surface area contributed by atoms with Gasteiger partial charge in [-0.15, -0.1) is 0 Å². The molecule has 0 aliphatic carbocycles. The Morgan fingerprint density at radius 3 is 1.46 bits per heavy atom. The van der Waals surface area contributed by atoms with E-state index >= 15 is 0 Å². The minimum Gasteiger partial charge on any atom is -0.256 e. The molecule has 0 saturated carbocycles. The van der Waals surface area contributed by atoms with Crippen molar-refractivity contribution in [3.8, 4) is 33.4 Å². The Morgan fingerprint density at radius 2 is 0.714 bits per heavy atom. The molecule has 0 fully saturated rings. The highest BCUT2D eigenvalue weighted by atomic mass is 14.7. The van der Waals surface area contributed by atoms with Gasteiger partial charge in [-0.3, -0.25) is 9.97 Å². The number of hydrogen-bond acceptors (Lipinski definition) is 2. The van der Waals surface area contributed by atoms with E-state index in [0.29, 0.717) is 0 Å². The summed E-state index contributed by atoms with van der Waals surface area (Å²) in [5.41, 5.74) is 9.26. The van der Waals surface area contributed by atoms with Crippen LogP contribution in [0.4, 0.5) is 0 Å². The molecule has 12 rings (SSSR count). The second kappa shape index (κ2) is 12.0. The minimum absolute atomic E-state index is 1.02. The Bertz CT molecular complexity index is 3600. The molecular formula is C54H32N2. The quantitative estimate of drug-likeness (QED) is 0.171. The predicted octanol–water partition coefficient (Wildman–Crippen LogP) is 14.7. The van der Waals surface area contributed by atoms with E-state index in [0.717, 1.165) is 16.4 Å². The standard InChI is InChI=1S/C54H32N2/c1-2-6-44-33(5-1)10-13-39-28-36(17-21-45(39)44)38-12-14-43-32-51(49-8-4-26-56-54(49)52(43)31-38)42-19-23-47-41(29-42)16-15-40-27-35(18-22-46(40)47)37-11-9-34-20-24-53-48(50(34)30-37)7-3-25-55-53/h1-32H. The molecule has 12 aromatic rings. The molecule has 258 valence electrons. The molecule has 0 amide bonds. The van der Waals surface area contributed by atoms with Crippen molar-refractivity contribution in [2.75, 3.05) is 0 Å². The number of benzene rings is 10. The maximum absolute atomic E-state index is 4.98. The van der Waals surface area contributed by atoms with E-state index in [9.17, 15) is 0 Å². The van der Waals surface area contributed by atoms with Crippen LogP contribution in [0.15, 0.2) is 194 Å². The van der Waals surface area contributed by atoms with Gasteiger partial charge in [-0.25, -0.2) is 0 Å². The number of aromatic nitrogens is 2. The molecule has 2 nitrogen and oxygen atoms in total. The highest BCUT2D eigenvalue weighted by molar-refractivity contribution is 6.15. The maximum Gasteiger partial charge on any atom is 0.0786 e. The van der Waals surface area contributed by atoms with Gasteiger partial charge in [0, 0.05) is 28.6 Å². The molecule has 0 spiro atoms. The molecule has 0 N–H and O–H groups in total. The van der Waals surface area contributed by atoms with Gasteiger partial charge in [0.2, 0.25) is 0 Å². The van der Waals surface area contributed by atoms with Crippen LogP contribution in [0.3, 0.4) is 0 Å². The number of nitrogens with zero attached hydrogens (tertiary/aromatic N) is 2. The van der Waals surface area contributed by atoms with Crippen molar-refractivity contribution in [3.63, 3.8) is 0 Å². The molecule has 0 atom stereocenters. The third-order valence-corrected chi connectivity index (χ3v) is 11.9. The van der Waals surface area contributed by atoms with Gasteiger partial charge in [0.15, 0.2) is 0 Å². The summed E-state index contributed by atoms with van der Waals surface area (Å²) in [5.74, 6) is 0. The van der Waals surface area contributed by atoms with Gasteiger partial charge in [0.1, 0.15) is 0 Å². The molecule has 0 unspecified atom stereocenters. The maximum atomic E-state index is 4.98. The van der Waals surface area contributed by atoms with Crippen molar-refractivity contribution >= 4 is 86.4 Å². The van der Waals surface area contributed by atoms with Crippen molar-refractivity contribution in [2.45, 2.75) is 0 Å². The van der Waals surface area contributed by atoms with Crippen LogP contribution in [-0.2, 0) is 0 Å². The van der Waals surface area contributed by atoms with E-state index in [4.69, 9.17) is 4.98 Å². The van der Waals surface area contributed by atoms with Crippen LogP contribution < -0.4 is 0 Å². The summed E-state index contributed by atoms with van der Waals surface area (Å²) in [6.07, 6.45) is 3.77. The molecule has 0 saturated heterocycles. The van der Waals surface area contributed by atoms with Crippen LogP contribution in [0.1, 0.15) is 0 Å². The molecule has 0 aliphatic rings. The van der Waals surface area contributed by atoms with Gasteiger partial charge in [-0.2, -0.15) is 0 Å². The summed E-state index contributed by atoms with van der Waals surface area (Å²) in [5, 5.41) is 17.2. The average molecular weight is 709 g/mol. The van der Waals surface area contributed by atoms with E-state index in [1.165, 1.54) is 103 Å². The predicted molar refractivity (Wildman–Crippen MR) is 238 cm³/mol. The summed E-state index contributed by atoms with van der Waals surface area (Å²) in [7, 11) is 0. The zero-order chi connectivity index (χ0) is 36.7. The second-order valence-corrected chi connectivity index (χ2v) is 15.0. The summed E-state index contributed by atoms with van der Waals surface area (Å²) in [6.45, 7) is 0. The topological polar surface area (TPSA) is 25.8 Å². The Kier molecular flexibility index (Phi) is 6.66. The van der Waals surface area contributed by atoms with E-state index < -0.39 is 0 Å². The SMILES string of the molecule is c1ccc2c(c1)ccc1cc(-c3ccc4cc(-c5ccc6c(ccc7cc(-c8ccc9ccc%10ncccc%10c9c8)ccc76)c5)c5cccnc5c4c3)ccc12. The van der Waals surface area contributed by atoms with Crippen molar-refractivity contribution in [1.29, 1.82) is 0 Å². The number of fused-ring (bicyclic) bond motifs is 12. The van der Waals surface area contributed by atoms with Crippen molar-refractivity contribution in [2.24, 2.45) is 0 Å². The molecule has 0 aliphatic heterocycles. The zero-order valence-corrected chi connectivity index (χ0v) is 30.4. The van der Waals surface area contributed by atoms with Crippen molar-refractivity contribution in [3.05, 3.63) is 194 Å². The minimum atomic E-state index is 1.02. The van der Waals surface area contributed by atoms with Gasteiger partial charge in [0.05, 0.1) is 11.0 Å². The number of pyridine rings is 2. The first kappa shape index (κ1) is 31.0. The average Bonchev–Trinajstić information content (AvgIpc) is 3.27. The summed E-state index contributed by atoms with van der Waals surface area (Å²) >= 11 is 0. The fourth-order valence-corrected chi connectivity index (χ4v) is 9.05. The van der Waals surface area contributed by atoms with Crippen LogP contribution in [0, 0.1) is 0 Å². The smallest absolute Gasteiger partial charge is 0.0786 e. The van der Waals surface area contributed by atoms with E-state index in [-0.39, 0.29) is 0 Å². The third kappa shape index (κ3) is 4.83. The molecule has 0 radical (unpaired) electrons. The molecular weight excluding hydrogens is 677 g/mol. The Hall–Kier alpha value is -7.42. The highest BCUT2D eigenvalue weighted by Crippen LogP contribution is 2.39. The lowest BCUT2D eigenvalue weighted by Gasteiger charge is -2.14. The van der Waals surface area contributed by atoms with Crippen molar-refractivity contribution < 1.29 is 0 Å². The highest BCUT2D eigenvalue weighted by Gasteiger charge is 2.14. The van der Waals surface area contributed by atoms with Crippen LogP contribution in [0.25, 0.3) is 120 Å². The molecule has 56 heavy (non-hydrogen) atoms. The lowest BCUT2D eigenvalue weighted by molar-refractivity contribution is 1.42. The largest absolute Gasteiger partial charge is 0.256 e. The molecule has 2 aromatic heterocycles.